The van der Waals surface area contributed by atoms with Gasteiger partial charge in [-0.25, -0.2) is 9.78 Å². The summed E-state index contributed by atoms with van der Waals surface area (Å²) in [5, 5.41) is 9.72. The van der Waals surface area contributed by atoms with Crippen LogP contribution in [0, 0.1) is 6.92 Å². The van der Waals surface area contributed by atoms with Crippen LogP contribution < -0.4 is 15.4 Å². The van der Waals surface area contributed by atoms with Crippen molar-refractivity contribution in [2.75, 3.05) is 17.2 Å². The molecule has 0 aliphatic carbocycles. The van der Waals surface area contributed by atoms with E-state index in [1.165, 1.54) is 5.56 Å². The number of ether oxygens (including phenoxy) is 1. The van der Waals surface area contributed by atoms with Crippen LogP contribution >= 0.6 is 0 Å². The number of carbonyl (C=O) groups is 1. The number of amides is 2. The smallest absolute Gasteiger partial charge is 0.323 e. The van der Waals surface area contributed by atoms with Crippen molar-refractivity contribution in [3.05, 3.63) is 96.4 Å². The van der Waals surface area contributed by atoms with Gasteiger partial charge in [-0.2, -0.15) is 4.98 Å². The van der Waals surface area contributed by atoms with Crippen LogP contribution in [-0.2, 0) is 6.54 Å². The molecule has 186 valence electrons. The number of imidazole rings is 1. The fourth-order valence-corrected chi connectivity index (χ4v) is 3.70. The minimum absolute atomic E-state index is 0.319. The molecule has 0 atom stereocenters. The molecule has 0 aliphatic rings. The topological polar surface area (TPSA) is 107 Å². The molecule has 5 rings (SSSR count). The molecule has 2 aromatic heterocycles. The molecule has 0 saturated carbocycles. The van der Waals surface area contributed by atoms with Crippen LogP contribution in [0.2, 0.25) is 0 Å². The highest BCUT2D eigenvalue weighted by molar-refractivity contribution is 5.99. The number of hydrogen-bond donors (Lipinski definition) is 2. The molecule has 0 fully saturated rings. The predicted molar refractivity (Wildman–Crippen MR) is 141 cm³/mol. The molecule has 0 aliphatic heterocycles. The van der Waals surface area contributed by atoms with Gasteiger partial charge in [-0.15, -0.1) is 0 Å². The van der Waals surface area contributed by atoms with Gasteiger partial charge in [-0.05, 0) is 55.8 Å². The zero-order chi connectivity index (χ0) is 25.6. The van der Waals surface area contributed by atoms with E-state index in [4.69, 9.17) is 9.26 Å². The van der Waals surface area contributed by atoms with E-state index in [9.17, 15) is 4.79 Å². The number of rotatable bonds is 8. The Morgan fingerprint density at radius 3 is 2.30 bits per heavy atom. The van der Waals surface area contributed by atoms with Gasteiger partial charge in [0.15, 0.2) is 0 Å². The summed E-state index contributed by atoms with van der Waals surface area (Å²) >= 11 is 0. The molecule has 2 amide bonds. The summed E-state index contributed by atoms with van der Waals surface area (Å²) in [5.74, 6) is 1.66. The standard InChI is InChI=1S/C28H26N6O3/c1-3-36-24-14-12-23(13-15-24)31-28(35)30-22-10-6-20(7-11-22)16-34-17-25(29-18-34)27-32-26(33-37-27)21-8-4-19(2)5-9-21/h4-15,17-18H,3,16H2,1-2H3,(H2,30,31,35). The van der Waals surface area contributed by atoms with E-state index < -0.39 is 0 Å². The molecule has 5 aromatic rings. The van der Waals surface area contributed by atoms with Gasteiger partial charge in [0.25, 0.3) is 5.89 Å². The van der Waals surface area contributed by atoms with Crippen molar-refractivity contribution >= 4 is 17.4 Å². The maximum atomic E-state index is 12.3. The maximum Gasteiger partial charge on any atom is 0.323 e. The van der Waals surface area contributed by atoms with Crippen molar-refractivity contribution in [3.8, 4) is 28.7 Å². The van der Waals surface area contributed by atoms with E-state index >= 15 is 0 Å². The normalized spacial score (nSPS) is 10.8. The maximum absolute atomic E-state index is 12.3. The van der Waals surface area contributed by atoms with E-state index in [1.807, 2.05) is 85.3 Å². The highest BCUT2D eigenvalue weighted by atomic mass is 16.5. The summed E-state index contributed by atoms with van der Waals surface area (Å²) < 4.78 is 12.8. The Morgan fingerprint density at radius 1 is 0.946 bits per heavy atom. The summed E-state index contributed by atoms with van der Waals surface area (Å²) in [7, 11) is 0. The van der Waals surface area contributed by atoms with Crippen LogP contribution in [0.25, 0.3) is 23.0 Å². The van der Waals surface area contributed by atoms with Gasteiger partial charge in [0.2, 0.25) is 5.82 Å². The van der Waals surface area contributed by atoms with Gasteiger partial charge in [-0.3, -0.25) is 0 Å². The van der Waals surface area contributed by atoms with Gasteiger partial charge in [0.05, 0.1) is 12.9 Å². The predicted octanol–water partition coefficient (Wildman–Crippen LogP) is 6.00. The Hall–Kier alpha value is -4.92. The quantitative estimate of drug-likeness (QED) is 0.274. The number of urea groups is 1. The van der Waals surface area contributed by atoms with Crippen molar-refractivity contribution in [2.24, 2.45) is 0 Å². The largest absolute Gasteiger partial charge is 0.494 e. The molecule has 9 nitrogen and oxygen atoms in total. The molecule has 0 spiro atoms. The van der Waals surface area contributed by atoms with E-state index in [0.717, 1.165) is 16.9 Å². The number of carbonyl (C=O) groups excluding carboxylic acids is 1. The highest BCUT2D eigenvalue weighted by Crippen LogP contribution is 2.22. The van der Waals surface area contributed by atoms with Gasteiger partial charge in [-0.1, -0.05) is 47.1 Å². The van der Waals surface area contributed by atoms with E-state index in [0.29, 0.717) is 41.9 Å². The first kappa shape index (κ1) is 23.8. The fourth-order valence-electron chi connectivity index (χ4n) is 3.70. The minimum Gasteiger partial charge on any atom is -0.494 e. The number of anilines is 2. The zero-order valence-electron chi connectivity index (χ0n) is 20.5. The second-order valence-corrected chi connectivity index (χ2v) is 8.45. The summed E-state index contributed by atoms with van der Waals surface area (Å²) in [6.07, 6.45) is 3.59. The second kappa shape index (κ2) is 10.8. The van der Waals surface area contributed by atoms with Gasteiger partial charge < -0.3 is 24.5 Å². The van der Waals surface area contributed by atoms with Crippen molar-refractivity contribution in [2.45, 2.75) is 20.4 Å². The number of aryl methyl sites for hydroxylation is 1. The number of hydrogen-bond acceptors (Lipinski definition) is 6. The summed E-state index contributed by atoms with van der Waals surface area (Å²) in [6, 6.07) is 22.5. The Kier molecular flexibility index (Phi) is 6.93. The van der Waals surface area contributed by atoms with Crippen molar-refractivity contribution < 1.29 is 14.1 Å². The number of benzene rings is 3. The number of nitrogens with one attached hydrogen (secondary N) is 2. The molecule has 3 aromatic carbocycles. The highest BCUT2D eigenvalue weighted by Gasteiger charge is 2.13. The molecule has 9 heteroatoms. The lowest BCUT2D eigenvalue weighted by Gasteiger charge is -2.09. The summed E-state index contributed by atoms with van der Waals surface area (Å²) in [5.41, 5.74) is 5.08. The molecule has 2 heterocycles. The fraction of sp³-hybridized carbons (Fsp3) is 0.143. The van der Waals surface area contributed by atoms with E-state index in [-0.39, 0.29) is 6.03 Å². The molecule has 2 N–H and O–H groups in total. The Balaban J connectivity index is 1.16. The molecular weight excluding hydrogens is 468 g/mol. The first-order valence-corrected chi connectivity index (χ1v) is 11.9. The average Bonchev–Trinajstić information content (AvgIpc) is 3.57. The van der Waals surface area contributed by atoms with Gasteiger partial charge in [0.1, 0.15) is 11.4 Å². The van der Waals surface area contributed by atoms with Crippen molar-refractivity contribution in [1.82, 2.24) is 19.7 Å². The van der Waals surface area contributed by atoms with Gasteiger partial charge >= 0.3 is 6.03 Å². The number of nitrogens with zero attached hydrogens (tertiary/aromatic N) is 4. The van der Waals surface area contributed by atoms with Crippen LogP contribution in [0.1, 0.15) is 18.1 Å². The Morgan fingerprint density at radius 2 is 1.62 bits per heavy atom. The van der Waals surface area contributed by atoms with Crippen LogP contribution in [0.4, 0.5) is 16.2 Å². The van der Waals surface area contributed by atoms with Gasteiger partial charge in [0, 0.05) is 29.7 Å². The third-order valence-corrected chi connectivity index (χ3v) is 5.59. The molecule has 0 radical (unpaired) electrons. The van der Waals surface area contributed by atoms with Crippen LogP contribution in [0.3, 0.4) is 0 Å². The van der Waals surface area contributed by atoms with E-state index in [1.54, 1.807) is 18.5 Å². The molecule has 0 unspecified atom stereocenters. The lowest BCUT2D eigenvalue weighted by Crippen LogP contribution is -2.19. The first-order valence-electron chi connectivity index (χ1n) is 11.9. The lowest BCUT2D eigenvalue weighted by molar-refractivity contribution is 0.262. The second-order valence-electron chi connectivity index (χ2n) is 8.45. The SMILES string of the molecule is CCOc1ccc(NC(=O)Nc2ccc(Cn3cnc(-c4nc(-c5ccc(C)cc5)no4)c3)cc2)cc1. The monoisotopic (exact) mass is 494 g/mol. The zero-order valence-corrected chi connectivity index (χ0v) is 20.5. The van der Waals surface area contributed by atoms with Crippen LogP contribution in [-0.4, -0.2) is 32.3 Å². The van der Waals surface area contributed by atoms with Crippen molar-refractivity contribution in [3.63, 3.8) is 0 Å². The summed E-state index contributed by atoms with van der Waals surface area (Å²) in [6.45, 7) is 5.16. The van der Waals surface area contributed by atoms with Crippen molar-refractivity contribution in [1.29, 1.82) is 0 Å². The summed E-state index contributed by atoms with van der Waals surface area (Å²) in [4.78, 5) is 21.2. The molecule has 37 heavy (non-hydrogen) atoms. The minimum atomic E-state index is -0.319. The number of aromatic nitrogens is 4. The van der Waals surface area contributed by atoms with Crippen LogP contribution in [0.15, 0.2) is 89.8 Å². The average molecular weight is 495 g/mol. The Bertz CT molecular complexity index is 1470. The van der Waals surface area contributed by atoms with E-state index in [2.05, 4.69) is 25.8 Å². The first-order chi connectivity index (χ1) is 18.1. The lowest BCUT2D eigenvalue weighted by atomic mass is 10.1. The third kappa shape index (κ3) is 6.02. The molecule has 0 bridgehead atoms. The molecule has 0 saturated heterocycles. The van der Waals surface area contributed by atoms with Crippen LogP contribution in [0.5, 0.6) is 5.75 Å². The Labute approximate surface area is 214 Å². The third-order valence-electron chi connectivity index (χ3n) is 5.59. The molecular formula is C28H26N6O3.